The largest absolute Gasteiger partial charge is 0.508 e. The van der Waals surface area contributed by atoms with E-state index in [1.165, 1.54) is 6.07 Å². The number of carbonyl (C=O) groups excluding carboxylic acids is 2. The Balaban J connectivity index is 1.80. The molecule has 4 rings (SSSR count). The average Bonchev–Trinajstić information content (AvgIpc) is 2.79. The summed E-state index contributed by atoms with van der Waals surface area (Å²) in [7, 11) is 0. The predicted molar refractivity (Wildman–Crippen MR) is 66.0 cm³/mol. The zero-order valence-corrected chi connectivity index (χ0v) is 11.0. The molecule has 0 saturated carbocycles. The lowest BCUT2D eigenvalue weighted by Gasteiger charge is -2.28. The quantitative estimate of drug-likeness (QED) is 0.679. The van der Waals surface area contributed by atoms with Crippen molar-refractivity contribution in [2.75, 3.05) is 0 Å². The number of benzene rings is 1. The third-order valence-electron chi connectivity index (χ3n) is 4.27. The minimum atomic E-state index is -1.19. The number of rotatable bonds is 0. The summed E-state index contributed by atoms with van der Waals surface area (Å²) in [4.78, 5) is 23.9. The monoisotopic (exact) mass is 292 g/mol. The Morgan fingerprint density at radius 2 is 2.05 bits per heavy atom. The number of esters is 1. The van der Waals surface area contributed by atoms with Crippen molar-refractivity contribution in [3.8, 4) is 17.2 Å². The van der Waals surface area contributed by atoms with Crippen molar-refractivity contribution in [3.05, 3.63) is 17.7 Å². The molecule has 3 aliphatic rings. The van der Waals surface area contributed by atoms with Crippen molar-refractivity contribution in [1.29, 1.82) is 0 Å². The van der Waals surface area contributed by atoms with E-state index < -0.39 is 35.7 Å². The van der Waals surface area contributed by atoms with Gasteiger partial charge in [-0.25, -0.2) is 0 Å². The molecule has 2 fully saturated rings. The second-order valence-electron chi connectivity index (χ2n) is 5.62. The zero-order valence-electron chi connectivity index (χ0n) is 11.0. The van der Waals surface area contributed by atoms with Gasteiger partial charge >= 0.3 is 5.97 Å². The predicted octanol–water partition coefficient (Wildman–Crippen LogP) is 0.720. The molecule has 7 heteroatoms. The Bertz CT molecular complexity index is 682. The fraction of sp³-hybridized carbons (Fsp3) is 0.429. The van der Waals surface area contributed by atoms with Gasteiger partial charge in [-0.1, -0.05) is 0 Å². The Labute approximate surface area is 119 Å². The van der Waals surface area contributed by atoms with Crippen LogP contribution in [0, 0.1) is 5.92 Å². The Morgan fingerprint density at radius 1 is 1.29 bits per heavy atom. The van der Waals surface area contributed by atoms with Crippen LogP contribution in [0.15, 0.2) is 12.1 Å². The summed E-state index contributed by atoms with van der Waals surface area (Å²) in [5.41, 5.74) is -0.0241. The lowest BCUT2D eigenvalue weighted by atomic mass is 9.88. The summed E-state index contributed by atoms with van der Waals surface area (Å²) in [5, 5.41) is 19.3. The van der Waals surface area contributed by atoms with Crippen LogP contribution in [-0.2, 0) is 14.3 Å². The molecule has 1 aromatic rings. The van der Waals surface area contributed by atoms with Gasteiger partial charge < -0.3 is 24.4 Å². The second-order valence-corrected chi connectivity index (χ2v) is 5.62. The van der Waals surface area contributed by atoms with Crippen molar-refractivity contribution in [3.63, 3.8) is 0 Å². The zero-order chi connectivity index (χ0) is 14.9. The van der Waals surface area contributed by atoms with E-state index in [1.807, 2.05) is 0 Å². The molecule has 0 radical (unpaired) electrons. The number of phenolic OH excluding ortho intramolecular Hbond substituents is 2. The van der Waals surface area contributed by atoms with E-state index in [0.717, 1.165) is 6.07 Å². The summed E-state index contributed by atoms with van der Waals surface area (Å²) < 4.78 is 16.5. The number of phenols is 2. The van der Waals surface area contributed by atoms with Crippen molar-refractivity contribution in [1.82, 2.24) is 0 Å². The van der Waals surface area contributed by atoms with Gasteiger partial charge in [0.15, 0.2) is 6.10 Å². The third kappa shape index (κ3) is 1.52. The van der Waals surface area contributed by atoms with E-state index in [4.69, 9.17) is 14.2 Å². The van der Waals surface area contributed by atoms with Crippen molar-refractivity contribution in [2.24, 2.45) is 5.92 Å². The number of hydrogen-bond acceptors (Lipinski definition) is 7. The highest BCUT2D eigenvalue weighted by atomic mass is 16.7. The van der Waals surface area contributed by atoms with Crippen LogP contribution in [0.3, 0.4) is 0 Å². The average molecular weight is 292 g/mol. The van der Waals surface area contributed by atoms with Crippen molar-refractivity contribution in [2.45, 2.75) is 31.3 Å². The van der Waals surface area contributed by atoms with Crippen molar-refractivity contribution >= 4 is 11.8 Å². The Hall–Kier alpha value is -2.28. The first-order valence-electron chi connectivity index (χ1n) is 6.55. The van der Waals surface area contributed by atoms with Crippen LogP contribution in [-0.4, -0.2) is 40.0 Å². The summed E-state index contributed by atoms with van der Waals surface area (Å²) in [5.74, 6) is -2.93. The normalized spacial score (nSPS) is 36.5. The highest BCUT2D eigenvalue weighted by Crippen LogP contribution is 2.50. The van der Waals surface area contributed by atoms with Gasteiger partial charge in [-0.2, -0.15) is 0 Å². The molecule has 0 spiro atoms. The van der Waals surface area contributed by atoms with Crippen LogP contribution >= 0.6 is 0 Å². The third-order valence-corrected chi connectivity index (χ3v) is 4.27. The minimum Gasteiger partial charge on any atom is -0.508 e. The maximum absolute atomic E-state index is 12.5. The van der Waals surface area contributed by atoms with Gasteiger partial charge in [-0.15, -0.1) is 0 Å². The van der Waals surface area contributed by atoms with Gasteiger partial charge in [0.1, 0.15) is 28.9 Å². The van der Waals surface area contributed by atoms with Crippen LogP contribution < -0.4 is 4.74 Å². The minimum absolute atomic E-state index is 0.0241. The summed E-state index contributed by atoms with van der Waals surface area (Å²) in [6, 6.07) is 2.33. The number of ketones is 1. The van der Waals surface area contributed by atoms with Gasteiger partial charge in [0, 0.05) is 19.1 Å². The molecular weight excluding hydrogens is 280 g/mol. The Morgan fingerprint density at radius 3 is 2.81 bits per heavy atom. The van der Waals surface area contributed by atoms with E-state index >= 15 is 0 Å². The molecule has 3 aliphatic heterocycles. The number of Topliss-reactive ketones (excluding diaryl/α,β-unsaturated/α-hetero) is 1. The first kappa shape index (κ1) is 12.5. The van der Waals surface area contributed by atoms with Crippen LogP contribution in [0.4, 0.5) is 0 Å². The van der Waals surface area contributed by atoms with E-state index in [0.29, 0.717) is 0 Å². The molecule has 4 atom stereocenters. The molecule has 2 saturated heterocycles. The van der Waals surface area contributed by atoms with Gasteiger partial charge in [0.25, 0.3) is 0 Å². The molecule has 2 N–H and O–H groups in total. The summed E-state index contributed by atoms with van der Waals surface area (Å²) >= 11 is 0. The lowest BCUT2D eigenvalue weighted by molar-refractivity contribution is -0.201. The first-order valence-corrected chi connectivity index (χ1v) is 6.55. The standard InChI is InChI=1S/C14H12O7/c1-14-6(4-9(17)20-14)12-13(21-14)11(18)10-7(16)2-5(15)3-8(10)19-12/h2-3,6,12-13,15-16H,4H2,1H3/t6-,12-,13-,14+/m1/s1. The molecule has 1 aromatic carbocycles. The maximum Gasteiger partial charge on any atom is 0.308 e. The molecule has 0 aliphatic carbocycles. The molecular formula is C14H12O7. The Kier molecular flexibility index (Phi) is 2.18. The van der Waals surface area contributed by atoms with Crippen molar-refractivity contribution < 1.29 is 34.0 Å². The van der Waals surface area contributed by atoms with Crippen LogP contribution in [0.1, 0.15) is 23.7 Å². The lowest BCUT2D eigenvalue weighted by Crippen LogP contribution is -2.42. The number of fused-ring (bicyclic) bond motifs is 4. The van der Waals surface area contributed by atoms with Gasteiger partial charge in [0.2, 0.25) is 11.6 Å². The number of aromatic hydroxyl groups is 2. The number of ether oxygens (including phenoxy) is 3. The van der Waals surface area contributed by atoms with E-state index in [-0.39, 0.29) is 29.2 Å². The summed E-state index contributed by atoms with van der Waals surface area (Å²) in [6.07, 6.45) is -1.51. The highest BCUT2D eigenvalue weighted by Gasteiger charge is 2.64. The number of carbonyl (C=O) groups is 2. The van der Waals surface area contributed by atoms with Gasteiger partial charge in [-0.3, -0.25) is 9.59 Å². The van der Waals surface area contributed by atoms with Gasteiger partial charge in [-0.05, 0) is 0 Å². The molecule has 0 bridgehead atoms. The first-order chi connectivity index (χ1) is 9.89. The van der Waals surface area contributed by atoms with Gasteiger partial charge in [0.05, 0.1) is 12.3 Å². The molecule has 0 unspecified atom stereocenters. The van der Waals surface area contributed by atoms with E-state index in [2.05, 4.69) is 0 Å². The molecule has 0 aromatic heterocycles. The smallest absolute Gasteiger partial charge is 0.308 e. The van der Waals surface area contributed by atoms with Crippen LogP contribution in [0.2, 0.25) is 0 Å². The van der Waals surface area contributed by atoms with E-state index in [1.54, 1.807) is 6.92 Å². The van der Waals surface area contributed by atoms with Crippen LogP contribution in [0.5, 0.6) is 17.2 Å². The highest BCUT2D eigenvalue weighted by molar-refractivity contribution is 6.06. The fourth-order valence-electron chi connectivity index (χ4n) is 3.33. The molecule has 21 heavy (non-hydrogen) atoms. The topological polar surface area (TPSA) is 102 Å². The second kappa shape index (κ2) is 3.67. The molecule has 0 amide bonds. The molecule has 3 heterocycles. The SMILES string of the molecule is C[C@@]12OC(=O)C[C@@H]1[C@H]1Oc3cc(O)cc(O)c3C(=O)[C@H]1O2. The molecule has 110 valence electrons. The summed E-state index contributed by atoms with van der Waals surface area (Å²) in [6.45, 7) is 1.60. The van der Waals surface area contributed by atoms with E-state index in [9.17, 15) is 19.8 Å². The maximum atomic E-state index is 12.5. The number of hydrogen-bond donors (Lipinski definition) is 2. The molecule has 7 nitrogen and oxygen atoms in total. The van der Waals surface area contributed by atoms with Crippen LogP contribution in [0.25, 0.3) is 0 Å². The fourth-order valence-corrected chi connectivity index (χ4v) is 3.33.